The largest absolute Gasteiger partial charge is 0.345 e. The molecule has 0 aliphatic heterocycles. The number of rotatable bonds is 4. The zero-order chi connectivity index (χ0) is 14.4. The highest BCUT2D eigenvalue weighted by Gasteiger charge is 2.14. The van der Waals surface area contributed by atoms with Crippen molar-refractivity contribution < 1.29 is 9.59 Å². The first-order chi connectivity index (χ1) is 8.95. The van der Waals surface area contributed by atoms with E-state index >= 15 is 0 Å². The number of urea groups is 1. The number of nitrogens with one attached hydrogen (secondary N) is 2. The third-order valence-corrected chi connectivity index (χ3v) is 2.80. The van der Waals surface area contributed by atoms with Crippen LogP contribution in [0.5, 0.6) is 0 Å². The number of hydrogen-bond donors (Lipinski definition) is 2. The summed E-state index contributed by atoms with van der Waals surface area (Å²) in [5, 5.41) is 5.51. The van der Waals surface area contributed by atoms with Crippen LogP contribution in [0.25, 0.3) is 0 Å². The number of para-hydroxylation sites is 1. The van der Waals surface area contributed by atoms with Gasteiger partial charge in [0.1, 0.15) is 0 Å². The van der Waals surface area contributed by atoms with Crippen molar-refractivity contribution in [2.45, 2.75) is 26.3 Å². The molecule has 1 unspecified atom stereocenters. The van der Waals surface area contributed by atoms with E-state index in [2.05, 4.69) is 10.6 Å². The van der Waals surface area contributed by atoms with E-state index < -0.39 is 0 Å². The molecule has 0 aliphatic carbocycles. The van der Waals surface area contributed by atoms with Crippen molar-refractivity contribution in [3.05, 3.63) is 29.8 Å². The smallest absolute Gasteiger partial charge is 0.319 e. The summed E-state index contributed by atoms with van der Waals surface area (Å²) < 4.78 is 0. The molecule has 5 heteroatoms. The van der Waals surface area contributed by atoms with Gasteiger partial charge in [-0.3, -0.25) is 4.79 Å². The molecule has 1 atom stereocenters. The molecule has 0 saturated carbocycles. The molecular weight excluding hydrogens is 242 g/mol. The summed E-state index contributed by atoms with van der Waals surface area (Å²) in [5.74, 6) is -0.139. The highest BCUT2D eigenvalue weighted by Crippen LogP contribution is 2.16. The highest BCUT2D eigenvalue weighted by atomic mass is 16.2. The summed E-state index contributed by atoms with van der Waals surface area (Å²) in [6.45, 7) is 3.92. The van der Waals surface area contributed by atoms with Gasteiger partial charge in [-0.15, -0.1) is 0 Å². The Morgan fingerprint density at radius 2 is 1.89 bits per heavy atom. The van der Waals surface area contributed by atoms with Crippen molar-refractivity contribution >= 4 is 17.6 Å². The van der Waals surface area contributed by atoms with Crippen molar-refractivity contribution in [2.75, 3.05) is 19.4 Å². The molecule has 0 heterocycles. The fourth-order valence-electron chi connectivity index (χ4n) is 1.50. The van der Waals surface area contributed by atoms with Crippen LogP contribution < -0.4 is 10.6 Å². The predicted octanol–water partition coefficient (Wildman–Crippen LogP) is 2.31. The molecular formula is C14H21N3O2. The first-order valence-electron chi connectivity index (χ1n) is 6.34. The number of carbonyl (C=O) groups excluding carboxylic acids is 2. The Bertz CT molecular complexity index is 458. The van der Waals surface area contributed by atoms with Crippen molar-refractivity contribution in [1.29, 1.82) is 0 Å². The maximum absolute atomic E-state index is 12.0. The van der Waals surface area contributed by atoms with E-state index in [4.69, 9.17) is 0 Å². The fourth-order valence-corrected chi connectivity index (χ4v) is 1.50. The van der Waals surface area contributed by atoms with E-state index in [-0.39, 0.29) is 18.0 Å². The van der Waals surface area contributed by atoms with Gasteiger partial charge >= 0.3 is 6.03 Å². The Kier molecular flexibility index (Phi) is 5.36. The number of anilines is 1. The second kappa shape index (κ2) is 6.78. The van der Waals surface area contributed by atoms with E-state index in [1.165, 1.54) is 4.90 Å². The molecule has 1 rings (SSSR count). The minimum atomic E-state index is -0.298. The van der Waals surface area contributed by atoms with Crippen LogP contribution in [0.15, 0.2) is 24.3 Å². The Morgan fingerprint density at radius 1 is 1.26 bits per heavy atom. The van der Waals surface area contributed by atoms with Crippen LogP contribution in [0.2, 0.25) is 0 Å². The zero-order valence-corrected chi connectivity index (χ0v) is 11.9. The van der Waals surface area contributed by atoms with Gasteiger partial charge in [0.15, 0.2) is 0 Å². The Balaban J connectivity index is 2.84. The number of nitrogens with zero attached hydrogens (tertiary/aromatic N) is 1. The highest BCUT2D eigenvalue weighted by molar-refractivity contribution is 6.03. The van der Waals surface area contributed by atoms with Crippen molar-refractivity contribution in [3.63, 3.8) is 0 Å². The van der Waals surface area contributed by atoms with Crippen LogP contribution >= 0.6 is 0 Å². The summed E-state index contributed by atoms with van der Waals surface area (Å²) in [5.41, 5.74) is 0.994. The average molecular weight is 263 g/mol. The minimum absolute atomic E-state index is 0.0942. The molecule has 0 radical (unpaired) electrons. The zero-order valence-electron chi connectivity index (χ0n) is 11.9. The Hall–Kier alpha value is -2.04. The van der Waals surface area contributed by atoms with E-state index in [1.54, 1.807) is 38.4 Å². The van der Waals surface area contributed by atoms with E-state index in [9.17, 15) is 9.59 Å². The topological polar surface area (TPSA) is 61.4 Å². The molecule has 2 N–H and O–H groups in total. The van der Waals surface area contributed by atoms with E-state index in [0.29, 0.717) is 11.3 Å². The molecule has 104 valence electrons. The van der Waals surface area contributed by atoms with Crippen LogP contribution in [0.3, 0.4) is 0 Å². The minimum Gasteiger partial charge on any atom is -0.345 e. The van der Waals surface area contributed by atoms with Gasteiger partial charge in [0.05, 0.1) is 11.3 Å². The lowest BCUT2D eigenvalue weighted by molar-refractivity contribution is 0.0828. The standard InChI is InChI=1S/C14H21N3O2/c1-5-10(2)15-14(19)16-12-9-7-6-8-11(12)13(18)17(3)4/h6-10H,5H2,1-4H3,(H2,15,16,19). The van der Waals surface area contributed by atoms with Crippen LogP contribution in [0.1, 0.15) is 30.6 Å². The van der Waals surface area contributed by atoms with Gasteiger partial charge in [-0.2, -0.15) is 0 Å². The van der Waals surface area contributed by atoms with Crippen LogP contribution in [-0.4, -0.2) is 37.0 Å². The van der Waals surface area contributed by atoms with Gasteiger partial charge in [-0.25, -0.2) is 4.79 Å². The third-order valence-electron chi connectivity index (χ3n) is 2.80. The van der Waals surface area contributed by atoms with Crippen LogP contribution in [0, 0.1) is 0 Å². The summed E-state index contributed by atoms with van der Waals surface area (Å²) in [6.07, 6.45) is 0.853. The third kappa shape index (κ3) is 4.28. The predicted molar refractivity (Wildman–Crippen MR) is 76.4 cm³/mol. The Morgan fingerprint density at radius 3 is 2.47 bits per heavy atom. The molecule has 0 aliphatic rings. The first kappa shape index (κ1) is 15.0. The molecule has 19 heavy (non-hydrogen) atoms. The number of carbonyl (C=O) groups is 2. The van der Waals surface area contributed by atoms with Gasteiger partial charge in [-0.05, 0) is 25.5 Å². The summed E-state index contributed by atoms with van der Waals surface area (Å²) in [6, 6.07) is 6.76. The summed E-state index contributed by atoms with van der Waals surface area (Å²) in [7, 11) is 3.36. The van der Waals surface area contributed by atoms with Gasteiger partial charge < -0.3 is 15.5 Å². The molecule has 0 spiro atoms. The average Bonchev–Trinajstić information content (AvgIpc) is 2.38. The normalized spacial score (nSPS) is 11.6. The van der Waals surface area contributed by atoms with Crippen LogP contribution in [-0.2, 0) is 0 Å². The lowest BCUT2D eigenvalue weighted by atomic mass is 10.1. The summed E-state index contributed by atoms with van der Waals surface area (Å²) >= 11 is 0. The molecule has 1 aromatic rings. The number of benzene rings is 1. The number of amides is 3. The van der Waals surface area contributed by atoms with Crippen molar-refractivity contribution in [2.24, 2.45) is 0 Å². The SMILES string of the molecule is CCC(C)NC(=O)Nc1ccccc1C(=O)N(C)C. The van der Waals surface area contributed by atoms with E-state index in [1.807, 2.05) is 13.8 Å². The molecule has 1 aromatic carbocycles. The van der Waals surface area contributed by atoms with Crippen molar-refractivity contribution in [3.8, 4) is 0 Å². The van der Waals surface area contributed by atoms with Gasteiger partial charge in [0.2, 0.25) is 0 Å². The maximum Gasteiger partial charge on any atom is 0.319 e. The maximum atomic E-state index is 12.0. The summed E-state index contributed by atoms with van der Waals surface area (Å²) in [4.78, 5) is 25.2. The number of hydrogen-bond acceptors (Lipinski definition) is 2. The quantitative estimate of drug-likeness (QED) is 0.875. The molecule has 0 bridgehead atoms. The van der Waals surface area contributed by atoms with Gasteiger partial charge in [0, 0.05) is 20.1 Å². The van der Waals surface area contributed by atoms with Gasteiger partial charge in [-0.1, -0.05) is 19.1 Å². The van der Waals surface area contributed by atoms with E-state index in [0.717, 1.165) is 6.42 Å². The van der Waals surface area contributed by atoms with Gasteiger partial charge in [0.25, 0.3) is 5.91 Å². The second-order valence-electron chi connectivity index (χ2n) is 4.65. The first-order valence-corrected chi connectivity index (χ1v) is 6.34. The molecule has 0 saturated heterocycles. The van der Waals surface area contributed by atoms with Crippen molar-refractivity contribution in [1.82, 2.24) is 10.2 Å². The Labute approximate surface area is 114 Å². The monoisotopic (exact) mass is 263 g/mol. The molecule has 5 nitrogen and oxygen atoms in total. The lowest BCUT2D eigenvalue weighted by Crippen LogP contribution is -2.36. The second-order valence-corrected chi connectivity index (χ2v) is 4.65. The fraction of sp³-hybridized carbons (Fsp3) is 0.429. The molecule has 0 aromatic heterocycles. The molecule has 3 amide bonds. The van der Waals surface area contributed by atoms with Crippen LogP contribution in [0.4, 0.5) is 10.5 Å². The lowest BCUT2D eigenvalue weighted by Gasteiger charge is -2.16. The molecule has 0 fully saturated rings.